The molecule has 76 valence electrons. The highest BCUT2D eigenvalue weighted by molar-refractivity contribution is 9.10. The lowest BCUT2D eigenvalue weighted by atomic mass is 10.3. The van der Waals surface area contributed by atoms with Gasteiger partial charge in [-0.2, -0.15) is 0 Å². The normalized spacial score (nSPS) is 12.3. The van der Waals surface area contributed by atoms with E-state index in [2.05, 4.69) is 37.2 Å². The van der Waals surface area contributed by atoms with Gasteiger partial charge >= 0.3 is 0 Å². The number of alkyl halides is 1. The first-order chi connectivity index (χ1) is 6.50. The minimum atomic E-state index is -0.211. The molecule has 0 aliphatic carbocycles. The first kappa shape index (κ1) is 12.0. The van der Waals surface area contributed by atoms with Crippen molar-refractivity contribution in [3.8, 4) is 0 Å². The molecule has 0 saturated carbocycles. The van der Waals surface area contributed by atoms with Gasteiger partial charge < -0.3 is 5.32 Å². The standard InChI is InChI=1S/C9H8Br2ClNO/c1-5(10)9(14)13-6-2-3-8(12)7(11)4-6/h2-5H,1H3,(H,13,14). The van der Waals surface area contributed by atoms with Crippen molar-refractivity contribution in [2.75, 3.05) is 5.32 Å². The summed E-state index contributed by atoms with van der Waals surface area (Å²) in [5, 5.41) is 3.36. The van der Waals surface area contributed by atoms with E-state index < -0.39 is 0 Å². The second-order valence-electron chi connectivity index (χ2n) is 2.73. The van der Waals surface area contributed by atoms with Crippen LogP contribution in [-0.4, -0.2) is 10.7 Å². The van der Waals surface area contributed by atoms with Crippen LogP contribution in [0.25, 0.3) is 0 Å². The van der Waals surface area contributed by atoms with Gasteiger partial charge in [0.05, 0.1) is 9.85 Å². The number of benzene rings is 1. The lowest BCUT2D eigenvalue weighted by Gasteiger charge is -2.07. The zero-order chi connectivity index (χ0) is 10.7. The third-order valence-electron chi connectivity index (χ3n) is 1.55. The van der Waals surface area contributed by atoms with Crippen molar-refractivity contribution >= 4 is 55.1 Å². The molecule has 0 spiro atoms. The van der Waals surface area contributed by atoms with Crippen molar-refractivity contribution in [1.82, 2.24) is 0 Å². The molecular weight excluding hydrogens is 333 g/mol. The maximum absolute atomic E-state index is 11.3. The molecule has 0 saturated heterocycles. The quantitative estimate of drug-likeness (QED) is 0.814. The molecule has 0 aliphatic rings. The molecule has 0 aromatic heterocycles. The predicted octanol–water partition coefficient (Wildman–Crippen LogP) is 3.82. The molecule has 0 radical (unpaired) electrons. The molecule has 1 rings (SSSR count). The van der Waals surface area contributed by atoms with Gasteiger partial charge in [0, 0.05) is 10.2 Å². The Bertz CT molecular complexity index is 355. The summed E-state index contributed by atoms with van der Waals surface area (Å²) in [7, 11) is 0. The van der Waals surface area contributed by atoms with E-state index >= 15 is 0 Å². The van der Waals surface area contributed by atoms with Gasteiger partial charge in [-0.15, -0.1) is 0 Å². The Kier molecular flexibility index (Phi) is 4.41. The smallest absolute Gasteiger partial charge is 0.237 e. The molecule has 1 atom stereocenters. The summed E-state index contributed by atoms with van der Waals surface area (Å²) in [6.07, 6.45) is 0. The number of anilines is 1. The van der Waals surface area contributed by atoms with E-state index in [1.807, 2.05) is 0 Å². The zero-order valence-electron chi connectivity index (χ0n) is 7.35. The highest BCUT2D eigenvalue weighted by Gasteiger charge is 2.09. The van der Waals surface area contributed by atoms with E-state index in [9.17, 15) is 4.79 Å². The van der Waals surface area contributed by atoms with Crippen molar-refractivity contribution < 1.29 is 4.79 Å². The number of carbonyl (C=O) groups is 1. The Morgan fingerprint density at radius 2 is 2.21 bits per heavy atom. The lowest BCUT2D eigenvalue weighted by molar-refractivity contribution is -0.115. The minimum absolute atomic E-state index is 0.0841. The van der Waals surface area contributed by atoms with Crippen molar-refractivity contribution in [3.05, 3.63) is 27.7 Å². The third kappa shape index (κ3) is 3.26. The maximum atomic E-state index is 11.3. The lowest BCUT2D eigenvalue weighted by Crippen LogP contribution is -2.19. The van der Waals surface area contributed by atoms with Crippen LogP contribution in [0, 0.1) is 0 Å². The zero-order valence-corrected chi connectivity index (χ0v) is 11.3. The van der Waals surface area contributed by atoms with Crippen molar-refractivity contribution in [1.29, 1.82) is 0 Å². The molecule has 0 fully saturated rings. The van der Waals surface area contributed by atoms with Gasteiger partial charge in [-0.25, -0.2) is 0 Å². The molecule has 1 N–H and O–H groups in total. The second kappa shape index (κ2) is 5.14. The van der Waals surface area contributed by atoms with Crippen LogP contribution in [0.2, 0.25) is 5.02 Å². The number of hydrogen-bond acceptors (Lipinski definition) is 1. The molecule has 1 aromatic carbocycles. The number of amides is 1. The summed E-state index contributed by atoms with van der Waals surface area (Å²) in [5.74, 6) is -0.0841. The SMILES string of the molecule is CC(Br)C(=O)Nc1ccc(Cl)c(Br)c1. The first-order valence-electron chi connectivity index (χ1n) is 3.90. The van der Waals surface area contributed by atoms with Crippen LogP contribution >= 0.6 is 43.5 Å². The largest absolute Gasteiger partial charge is 0.325 e. The van der Waals surface area contributed by atoms with E-state index in [0.29, 0.717) is 5.02 Å². The van der Waals surface area contributed by atoms with Gasteiger partial charge in [-0.05, 0) is 41.1 Å². The molecule has 2 nitrogen and oxygen atoms in total. The molecule has 1 aromatic rings. The number of rotatable bonds is 2. The number of nitrogens with one attached hydrogen (secondary N) is 1. The van der Waals surface area contributed by atoms with Gasteiger partial charge in [0.15, 0.2) is 0 Å². The Morgan fingerprint density at radius 3 is 2.71 bits per heavy atom. The molecule has 5 heteroatoms. The van der Waals surface area contributed by atoms with Gasteiger partial charge in [0.2, 0.25) is 5.91 Å². The maximum Gasteiger partial charge on any atom is 0.237 e. The Balaban J connectivity index is 2.78. The molecule has 0 bridgehead atoms. The van der Waals surface area contributed by atoms with Crippen LogP contribution in [-0.2, 0) is 4.79 Å². The topological polar surface area (TPSA) is 29.1 Å². The second-order valence-corrected chi connectivity index (χ2v) is 5.37. The van der Waals surface area contributed by atoms with E-state index in [0.717, 1.165) is 10.2 Å². The van der Waals surface area contributed by atoms with Crippen molar-refractivity contribution in [2.24, 2.45) is 0 Å². The van der Waals surface area contributed by atoms with Crippen LogP contribution in [0.1, 0.15) is 6.92 Å². The number of hydrogen-bond donors (Lipinski definition) is 1. The molecule has 0 aliphatic heterocycles. The summed E-state index contributed by atoms with van der Waals surface area (Å²) in [6.45, 7) is 1.76. The van der Waals surface area contributed by atoms with Gasteiger partial charge in [-0.1, -0.05) is 27.5 Å². The Hall–Kier alpha value is -0.0600. The molecule has 14 heavy (non-hydrogen) atoms. The Morgan fingerprint density at radius 1 is 1.57 bits per heavy atom. The summed E-state index contributed by atoms with van der Waals surface area (Å²) in [6, 6.07) is 5.23. The van der Waals surface area contributed by atoms with Crippen LogP contribution in [0.3, 0.4) is 0 Å². The summed E-state index contributed by atoms with van der Waals surface area (Å²) >= 11 is 12.3. The van der Waals surface area contributed by atoms with Crippen LogP contribution in [0.4, 0.5) is 5.69 Å². The fourth-order valence-electron chi connectivity index (χ4n) is 0.816. The predicted molar refractivity (Wildman–Crippen MR) is 66.2 cm³/mol. The van der Waals surface area contributed by atoms with Crippen LogP contribution in [0.15, 0.2) is 22.7 Å². The van der Waals surface area contributed by atoms with Gasteiger partial charge in [-0.3, -0.25) is 4.79 Å². The fraction of sp³-hybridized carbons (Fsp3) is 0.222. The average Bonchev–Trinajstić information content (AvgIpc) is 2.11. The van der Waals surface area contributed by atoms with Gasteiger partial charge in [0.25, 0.3) is 0 Å². The molecular formula is C9H8Br2ClNO. The van der Waals surface area contributed by atoms with Crippen LogP contribution in [0.5, 0.6) is 0 Å². The van der Waals surface area contributed by atoms with E-state index in [1.54, 1.807) is 25.1 Å². The fourth-order valence-corrected chi connectivity index (χ4v) is 1.43. The molecule has 0 heterocycles. The van der Waals surface area contributed by atoms with Crippen LogP contribution < -0.4 is 5.32 Å². The van der Waals surface area contributed by atoms with E-state index in [4.69, 9.17) is 11.6 Å². The summed E-state index contributed by atoms with van der Waals surface area (Å²) in [4.78, 5) is 11.1. The number of halogens is 3. The monoisotopic (exact) mass is 339 g/mol. The Labute approximate surface area is 104 Å². The first-order valence-corrected chi connectivity index (χ1v) is 5.99. The highest BCUT2D eigenvalue weighted by Crippen LogP contribution is 2.25. The highest BCUT2D eigenvalue weighted by atomic mass is 79.9. The van der Waals surface area contributed by atoms with Gasteiger partial charge in [0.1, 0.15) is 0 Å². The molecule has 1 unspecified atom stereocenters. The van der Waals surface area contributed by atoms with Crippen molar-refractivity contribution in [3.63, 3.8) is 0 Å². The average molecular weight is 341 g/mol. The molecule has 1 amide bonds. The summed E-state index contributed by atoms with van der Waals surface area (Å²) < 4.78 is 0.763. The van der Waals surface area contributed by atoms with Crippen molar-refractivity contribution in [2.45, 2.75) is 11.8 Å². The third-order valence-corrected chi connectivity index (χ3v) is 3.18. The van der Waals surface area contributed by atoms with E-state index in [1.165, 1.54) is 0 Å². The van der Waals surface area contributed by atoms with E-state index in [-0.39, 0.29) is 10.7 Å². The summed E-state index contributed by atoms with van der Waals surface area (Å²) in [5.41, 5.74) is 0.720. The number of carbonyl (C=O) groups excluding carboxylic acids is 1. The minimum Gasteiger partial charge on any atom is -0.325 e.